The smallest absolute Gasteiger partial charge is 0.304 e. The second-order valence-corrected chi connectivity index (χ2v) is 8.37. The van der Waals surface area contributed by atoms with E-state index < -0.39 is 5.97 Å². The van der Waals surface area contributed by atoms with Crippen LogP contribution in [0.25, 0.3) is 0 Å². The van der Waals surface area contributed by atoms with Crippen molar-refractivity contribution in [3.63, 3.8) is 0 Å². The van der Waals surface area contributed by atoms with Gasteiger partial charge in [-0.15, -0.1) is 5.92 Å². The molecule has 0 spiro atoms. The van der Waals surface area contributed by atoms with Crippen LogP contribution in [-0.2, 0) is 24.4 Å². The van der Waals surface area contributed by atoms with Gasteiger partial charge in [0.2, 0.25) is 0 Å². The number of aryl methyl sites for hydroxylation is 1. The molecule has 1 N–H and O–H groups in total. The van der Waals surface area contributed by atoms with Crippen LogP contribution in [0.5, 0.6) is 5.75 Å². The molecule has 0 saturated carbocycles. The van der Waals surface area contributed by atoms with Crippen LogP contribution in [0.15, 0.2) is 72.8 Å². The number of ether oxygens (including phenoxy) is 1. The number of nitrogens with zero attached hydrogens (tertiary/aromatic N) is 1. The average molecular weight is 440 g/mol. The van der Waals surface area contributed by atoms with Gasteiger partial charge in [-0.25, -0.2) is 0 Å². The quantitative estimate of drug-likeness (QED) is 0.451. The summed E-state index contributed by atoms with van der Waals surface area (Å²) in [6.07, 6.45) is 2.36. The molecule has 1 unspecified atom stereocenters. The topological polar surface area (TPSA) is 49.8 Å². The lowest BCUT2D eigenvalue weighted by atomic mass is 9.96. The molecular formula is C29H29NO3. The number of fused-ring (bicyclic) bond motifs is 1. The minimum atomic E-state index is -0.851. The van der Waals surface area contributed by atoms with E-state index in [-0.39, 0.29) is 12.3 Å². The van der Waals surface area contributed by atoms with E-state index in [2.05, 4.69) is 65.3 Å². The van der Waals surface area contributed by atoms with Gasteiger partial charge in [-0.05, 0) is 60.2 Å². The monoisotopic (exact) mass is 439 g/mol. The van der Waals surface area contributed by atoms with E-state index in [1.165, 1.54) is 23.2 Å². The highest BCUT2D eigenvalue weighted by atomic mass is 16.5. The van der Waals surface area contributed by atoms with Gasteiger partial charge in [-0.2, -0.15) is 0 Å². The number of aliphatic carboxylic acids is 1. The molecule has 4 heteroatoms. The van der Waals surface area contributed by atoms with Crippen LogP contribution in [0.3, 0.4) is 0 Å². The van der Waals surface area contributed by atoms with Gasteiger partial charge in [-0.1, -0.05) is 60.5 Å². The molecule has 0 amide bonds. The number of hydrogen-bond donors (Lipinski definition) is 1. The fourth-order valence-electron chi connectivity index (χ4n) is 4.30. The first-order valence-electron chi connectivity index (χ1n) is 11.4. The van der Waals surface area contributed by atoms with E-state index >= 15 is 0 Å². The number of carboxylic acids is 1. The lowest BCUT2D eigenvalue weighted by molar-refractivity contribution is -0.137. The Morgan fingerprint density at radius 2 is 1.76 bits per heavy atom. The first kappa shape index (κ1) is 22.5. The summed E-state index contributed by atoms with van der Waals surface area (Å²) in [5.41, 5.74) is 6.09. The Balaban J connectivity index is 1.33. The zero-order chi connectivity index (χ0) is 23.0. The summed E-state index contributed by atoms with van der Waals surface area (Å²) >= 11 is 0. The zero-order valence-corrected chi connectivity index (χ0v) is 19.0. The lowest BCUT2D eigenvalue weighted by Gasteiger charge is -2.31. The van der Waals surface area contributed by atoms with Gasteiger partial charge in [0.25, 0.3) is 0 Å². The molecule has 0 saturated heterocycles. The van der Waals surface area contributed by atoms with Crippen molar-refractivity contribution in [2.24, 2.45) is 0 Å². The van der Waals surface area contributed by atoms with Crippen molar-refractivity contribution in [3.05, 3.63) is 95.1 Å². The maximum Gasteiger partial charge on any atom is 0.304 e. The third kappa shape index (κ3) is 5.96. The predicted octanol–water partition coefficient (Wildman–Crippen LogP) is 5.80. The van der Waals surface area contributed by atoms with Crippen molar-refractivity contribution in [2.75, 3.05) is 11.4 Å². The second-order valence-electron chi connectivity index (χ2n) is 8.37. The van der Waals surface area contributed by atoms with Crippen molar-refractivity contribution in [1.82, 2.24) is 0 Å². The summed E-state index contributed by atoms with van der Waals surface area (Å²) < 4.78 is 5.94. The van der Waals surface area contributed by atoms with Crippen LogP contribution < -0.4 is 9.64 Å². The number of carbonyl (C=O) groups is 1. The van der Waals surface area contributed by atoms with E-state index in [9.17, 15) is 4.79 Å². The first-order valence-corrected chi connectivity index (χ1v) is 11.4. The average Bonchev–Trinajstić information content (AvgIpc) is 2.84. The highest BCUT2D eigenvalue weighted by molar-refractivity contribution is 5.69. The van der Waals surface area contributed by atoms with E-state index in [4.69, 9.17) is 9.84 Å². The van der Waals surface area contributed by atoms with Crippen molar-refractivity contribution in [3.8, 4) is 17.6 Å². The standard InChI is InChI=1S/C29H29NO3/c1-2-6-26(19-29(31)32)24-14-16-27(17-15-24)33-21-23-12-10-22(11-13-23)20-30-18-5-8-25-7-3-4-9-28(25)30/h3-4,7,9-17,26H,5,8,18-21H2,1H3,(H,31,32). The van der Waals surface area contributed by atoms with Gasteiger partial charge in [0.05, 0.1) is 12.3 Å². The van der Waals surface area contributed by atoms with E-state index in [1.54, 1.807) is 6.92 Å². The van der Waals surface area contributed by atoms with Gasteiger partial charge < -0.3 is 14.7 Å². The molecule has 168 valence electrons. The molecular weight excluding hydrogens is 410 g/mol. The van der Waals surface area contributed by atoms with Crippen molar-refractivity contribution >= 4 is 11.7 Å². The Hall–Kier alpha value is -3.71. The first-order chi connectivity index (χ1) is 16.1. The molecule has 0 bridgehead atoms. The highest BCUT2D eigenvalue weighted by Crippen LogP contribution is 2.28. The Bertz CT molecular complexity index is 1140. The largest absolute Gasteiger partial charge is 0.489 e. The van der Waals surface area contributed by atoms with E-state index in [1.807, 2.05) is 24.3 Å². The fourth-order valence-corrected chi connectivity index (χ4v) is 4.30. The van der Waals surface area contributed by atoms with Gasteiger partial charge in [-0.3, -0.25) is 4.79 Å². The van der Waals surface area contributed by atoms with Crippen LogP contribution in [0, 0.1) is 11.8 Å². The highest BCUT2D eigenvalue weighted by Gasteiger charge is 2.16. The SMILES string of the molecule is CC#CC(CC(=O)O)c1ccc(OCc2ccc(CN3CCCc4ccccc43)cc2)cc1. The zero-order valence-electron chi connectivity index (χ0n) is 19.0. The molecule has 0 radical (unpaired) electrons. The summed E-state index contributed by atoms with van der Waals surface area (Å²) in [5.74, 6) is 5.39. The third-order valence-corrected chi connectivity index (χ3v) is 5.99. The minimum absolute atomic E-state index is 0.00357. The summed E-state index contributed by atoms with van der Waals surface area (Å²) in [7, 11) is 0. The Morgan fingerprint density at radius 3 is 2.48 bits per heavy atom. The maximum absolute atomic E-state index is 11.1. The summed E-state index contributed by atoms with van der Waals surface area (Å²) in [6.45, 7) is 4.22. The number of para-hydroxylation sites is 1. The summed E-state index contributed by atoms with van der Waals surface area (Å²) in [4.78, 5) is 13.5. The molecule has 3 aromatic rings. The molecule has 4 nitrogen and oxygen atoms in total. The van der Waals surface area contributed by atoms with Gasteiger partial charge in [0.1, 0.15) is 12.4 Å². The number of hydrogen-bond acceptors (Lipinski definition) is 3. The van der Waals surface area contributed by atoms with Crippen molar-refractivity contribution in [2.45, 2.75) is 45.3 Å². The minimum Gasteiger partial charge on any atom is -0.489 e. The van der Waals surface area contributed by atoms with Gasteiger partial charge in [0, 0.05) is 18.8 Å². The number of carboxylic acid groups (broad SMARTS) is 1. The van der Waals surface area contributed by atoms with Crippen molar-refractivity contribution in [1.29, 1.82) is 0 Å². The van der Waals surface area contributed by atoms with Crippen LogP contribution >= 0.6 is 0 Å². The van der Waals surface area contributed by atoms with Crippen molar-refractivity contribution < 1.29 is 14.6 Å². The molecule has 0 aromatic heterocycles. The molecule has 1 aliphatic rings. The van der Waals surface area contributed by atoms with Gasteiger partial charge >= 0.3 is 5.97 Å². The van der Waals surface area contributed by atoms with E-state index in [0.29, 0.717) is 6.61 Å². The summed E-state index contributed by atoms with van der Waals surface area (Å²) in [5, 5.41) is 9.10. The molecule has 1 atom stereocenters. The number of benzene rings is 3. The fraction of sp³-hybridized carbons (Fsp3) is 0.276. The summed E-state index contributed by atoms with van der Waals surface area (Å²) in [6, 6.07) is 24.9. The molecule has 0 fully saturated rings. The van der Waals surface area contributed by atoms with Crippen LogP contribution in [0.1, 0.15) is 47.9 Å². The Labute approximate surface area is 195 Å². The molecule has 4 rings (SSSR count). The third-order valence-electron chi connectivity index (χ3n) is 5.99. The molecule has 33 heavy (non-hydrogen) atoms. The molecule has 3 aromatic carbocycles. The lowest BCUT2D eigenvalue weighted by Crippen LogP contribution is -2.28. The molecule has 1 heterocycles. The predicted molar refractivity (Wildman–Crippen MR) is 131 cm³/mol. The molecule has 1 aliphatic heterocycles. The van der Waals surface area contributed by atoms with Crippen LogP contribution in [0.2, 0.25) is 0 Å². The second kappa shape index (κ2) is 10.7. The van der Waals surface area contributed by atoms with E-state index in [0.717, 1.165) is 36.4 Å². The number of rotatable bonds is 8. The van der Waals surface area contributed by atoms with Crippen LogP contribution in [0.4, 0.5) is 5.69 Å². The Morgan fingerprint density at radius 1 is 1.03 bits per heavy atom. The molecule has 0 aliphatic carbocycles. The number of anilines is 1. The van der Waals surface area contributed by atoms with Gasteiger partial charge in [0.15, 0.2) is 0 Å². The van der Waals surface area contributed by atoms with Crippen LogP contribution in [-0.4, -0.2) is 17.6 Å². The normalized spacial score (nSPS) is 13.4. The Kier molecular flexibility index (Phi) is 7.32. The maximum atomic E-state index is 11.1.